The molecule has 1 fully saturated rings. The van der Waals surface area contributed by atoms with Gasteiger partial charge in [0.05, 0.1) is 19.6 Å². The van der Waals surface area contributed by atoms with Crippen molar-refractivity contribution in [1.82, 2.24) is 0 Å². The average molecular weight is 426 g/mol. The van der Waals surface area contributed by atoms with E-state index in [2.05, 4.69) is 5.32 Å². The summed E-state index contributed by atoms with van der Waals surface area (Å²) in [6.07, 6.45) is 0.956. The van der Waals surface area contributed by atoms with Crippen molar-refractivity contribution in [3.05, 3.63) is 48.5 Å². The molecule has 2 aromatic rings. The lowest BCUT2D eigenvalue weighted by atomic mass is 10.1. The maximum Gasteiger partial charge on any atom is 0.311 e. The van der Waals surface area contributed by atoms with Crippen molar-refractivity contribution in [2.75, 3.05) is 37.1 Å². The molecule has 8 nitrogen and oxygen atoms in total. The van der Waals surface area contributed by atoms with Gasteiger partial charge in [-0.3, -0.25) is 14.4 Å². The largest absolute Gasteiger partial charge is 0.497 e. The maximum absolute atomic E-state index is 12.4. The lowest BCUT2D eigenvalue weighted by Gasteiger charge is -2.17. The van der Waals surface area contributed by atoms with Crippen LogP contribution in [0.15, 0.2) is 48.5 Å². The Morgan fingerprint density at radius 3 is 2.61 bits per heavy atom. The molecule has 0 bridgehead atoms. The molecule has 1 aliphatic heterocycles. The first-order valence-corrected chi connectivity index (χ1v) is 10.1. The highest BCUT2D eigenvalue weighted by atomic mass is 16.5. The van der Waals surface area contributed by atoms with E-state index in [4.69, 9.17) is 14.2 Å². The summed E-state index contributed by atoms with van der Waals surface area (Å²) in [6, 6.07) is 14.0. The highest BCUT2D eigenvalue weighted by Gasteiger charge is 2.36. The monoisotopic (exact) mass is 426 g/mol. The lowest BCUT2D eigenvalue weighted by molar-refractivity contribution is -0.151. The summed E-state index contributed by atoms with van der Waals surface area (Å²) in [5.74, 6) is -0.484. The van der Waals surface area contributed by atoms with Gasteiger partial charge in [-0.05, 0) is 42.8 Å². The van der Waals surface area contributed by atoms with Crippen LogP contribution in [0.2, 0.25) is 0 Å². The Bertz CT molecular complexity index is 928. The molecule has 31 heavy (non-hydrogen) atoms. The van der Waals surface area contributed by atoms with Gasteiger partial charge in [0.15, 0.2) is 6.61 Å². The average Bonchev–Trinajstić information content (AvgIpc) is 3.18. The van der Waals surface area contributed by atoms with Gasteiger partial charge in [-0.1, -0.05) is 13.0 Å². The number of carbonyl (C=O) groups excluding carboxylic acids is 3. The van der Waals surface area contributed by atoms with Gasteiger partial charge in [0.25, 0.3) is 5.91 Å². The molecule has 1 heterocycles. The number of carbonyl (C=O) groups is 3. The fourth-order valence-corrected chi connectivity index (χ4v) is 3.21. The molecule has 164 valence electrons. The van der Waals surface area contributed by atoms with Gasteiger partial charge in [0, 0.05) is 30.4 Å². The maximum atomic E-state index is 12.4. The number of benzene rings is 2. The van der Waals surface area contributed by atoms with Crippen molar-refractivity contribution in [1.29, 1.82) is 0 Å². The third-order valence-electron chi connectivity index (χ3n) is 4.78. The van der Waals surface area contributed by atoms with Crippen LogP contribution in [-0.2, 0) is 19.1 Å². The molecule has 1 N–H and O–H groups in total. The third-order valence-corrected chi connectivity index (χ3v) is 4.78. The molecule has 1 aliphatic rings. The molecule has 0 saturated carbocycles. The summed E-state index contributed by atoms with van der Waals surface area (Å²) < 4.78 is 15.8. The van der Waals surface area contributed by atoms with Crippen molar-refractivity contribution >= 4 is 29.2 Å². The summed E-state index contributed by atoms with van der Waals surface area (Å²) in [7, 11) is 1.53. The van der Waals surface area contributed by atoms with Crippen molar-refractivity contribution in [2.45, 2.75) is 19.8 Å². The number of hydrogen-bond donors (Lipinski definition) is 1. The van der Waals surface area contributed by atoms with E-state index in [1.807, 2.05) is 6.92 Å². The molecule has 0 radical (unpaired) electrons. The number of nitrogens with zero attached hydrogens (tertiary/aromatic N) is 1. The van der Waals surface area contributed by atoms with Gasteiger partial charge < -0.3 is 24.4 Å². The van der Waals surface area contributed by atoms with E-state index in [1.165, 1.54) is 7.11 Å². The highest BCUT2D eigenvalue weighted by molar-refractivity contribution is 6.00. The SMILES string of the molecule is CCCOc1ccc(N2C[C@H](C(=O)OCC(=O)Nc3cccc(OC)c3)CC2=O)cc1. The van der Waals surface area contributed by atoms with Crippen LogP contribution < -0.4 is 19.7 Å². The molecule has 0 spiro atoms. The summed E-state index contributed by atoms with van der Waals surface area (Å²) in [5.41, 5.74) is 1.23. The molecular weight excluding hydrogens is 400 g/mol. The fraction of sp³-hybridized carbons (Fsp3) is 0.348. The van der Waals surface area contributed by atoms with E-state index in [0.717, 1.165) is 12.2 Å². The van der Waals surface area contributed by atoms with Gasteiger partial charge in [0.2, 0.25) is 5.91 Å². The van der Waals surface area contributed by atoms with E-state index >= 15 is 0 Å². The van der Waals surface area contributed by atoms with E-state index in [9.17, 15) is 14.4 Å². The lowest BCUT2D eigenvalue weighted by Crippen LogP contribution is -2.28. The second-order valence-electron chi connectivity index (χ2n) is 7.14. The van der Waals surface area contributed by atoms with Gasteiger partial charge >= 0.3 is 5.97 Å². The molecule has 8 heteroatoms. The number of anilines is 2. The minimum atomic E-state index is -0.617. The molecule has 0 aromatic heterocycles. The second-order valence-corrected chi connectivity index (χ2v) is 7.14. The number of ether oxygens (including phenoxy) is 3. The van der Waals surface area contributed by atoms with Gasteiger partial charge in [-0.2, -0.15) is 0 Å². The van der Waals surface area contributed by atoms with Crippen LogP contribution in [0.5, 0.6) is 11.5 Å². The topological polar surface area (TPSA) is 94.2 Å². The van der Waals surface area contributed by atoms with E-state index < -0.39 is 24.4 Å². The number of hydrogen-bond acceptors (Lipinski definition) is 6. The van der Waals surface area contributed by atoms with Gasteiger partial charge in [-0.15, -0.1) is 0 Å². The van der Waals surface area contributed by atoms with Crippen LogP contribution >= 0.6 is 0 Å². The first kappa shape index (κ1) is 22.1. The molecule has 1 saturated heterocycles. The normalized spacial score (nSPS) is 15.5. The summed E-state index contributed by atoms with van der Waals surface area (Å²) >= 11 is 0. The minimum Gasteiger partial charge on any atom is -0.497 e. The molecular formula is C23H26N2O6. The zero-order valence-corrected chi connectivity index (χ0v) is 17.6. The van der Waals surface area contributed by atoms with Crippen LogP contribution in [-0.4, -0.2) is 44.7 Å². The predicted octanol–water partition coefficient (Wildman–Crippen LogP) is 3.02. The summed E-state index contributed by atoms with van der Waals surface area (Å²) in [4.78, 5) is 38.4. The van der Waals surface area contributed by atoms with Crippen LogP contribution in [0.4, 0.5) is 11.4 Å². The first-order chi connectivity index (χ1) is 15.0. The van der Waals surface area contributed by atoms with Gasteiger partial charge in [0.1, 0.15) is 11.5 Å². The Balaban J connectivity index is 1.50. The fourth-order valence-electron chi connectivity index (χ4n) is 3.21. The number of esters is 1. The van der Waals surface area contributed by atoms with E-state index in [0.29, 0.717) is 23.7 Å². The van der Waals surface area contributed by atoms with Crippen molar-refractivity contribution in [3.63, 3.8) is 0 Å². The standard InChI is InChI=1S/C23H26N2O6/c1-3-11-30-19-9-7-18(8-10-19)25-14-16(12-22(25)27)23(28)31-15-21(26)24-17-5-4-6-20(13-17)29-2/h4-10,13,16H,3,11-12,14-15H2,1-2H3,(H,24,26)/t16-/m1/s1. The van der Waals surface area contributed by atoms with Crippen molar-refractivity contribution < 1.29 is 28.6 Å². The van der Waals surface area contributed by atoms with E-state index in [-0.39, 0.29) is 18.9 Å². The minimum absolute atomic E-state index is 0.0461. The van der Waals surface area contributed by atoms with Crippen LogP contribution in [0.25, 0.3) is 0 Å². The number of amides is 2. The second kappa shape index (κ2) is 10.5. The molecule has 1 atom stereocenters. The first-order valence-electron chi connectivity index (χ1n) is 10.1. The Kier molecular flexibility index (Phi) is 7.48. The number of rotatable bonds is 9. The highest BCUT2D eigenvalue weighted by Crippen LogP contribution is 2.27. The molecule has 2 aromatic carbocycles. The Morgan fingerprint density at radius 1 is 1.13 bits per heavy atom. The molecule has 3 rings (SSSR count). The zero-order chi connectivity index (χ0) is 22.2. The summed E-state index contributed by atoms with van der Waals surface area (Å²) in [6.45, 7) is 2.44. The quantitative estimate of drug-likeness (QED) is 0.620. The van der Waals surface area contributed by atoms with Crippen molar-refractivity contribution in [2.24, 2.45) is 5.92 Å². The zero-order valence-electron chi connectivity index (χ0n) is 17.6. The van der Waals surface area contributed by atoms with Crippen LogP contribution in [0.1, 0.15) is 19.8 Å². The predicted molar refractivity (Wildman–Crippen MR) is 115 cm³/mol. The molecule has 0 aliphatic carbocycles. The van der Waals surface area contributed by atoms with Crippen LogP contribution in [0, 0.1) is 5.92 Å². The Hall–Kier alpha value is -3.55. The Morgan fingerprint density at radius 2 is 1.90 bits per heavy atom. The summed E-state index contributed by atoms with van der Waals surface area (Å²) in [5, 5.41) is 2.64. The third kappa shape index (κ3) is 5.97. The molecule has 0 unspecified atom stereocenters. The smallest absolute Gasteiger partial charge is 0.311 e. The van der Waals surface area contributed by atoms with E-state index in [1.54, 1.807) is 53.4 Å². The number of methoxy groups -OCH3 is 1. The number of nitrogens with one attached hydrogen (secondary N) is 1. The van der Waals surface area contributed by atoms with Crippen LogP contribution in [0.3, 0.4) is 0 Å². The van der Waals surface area contributed by atoms with Crippen molar-refractivity contribution in [3.8, 4) is 11.5 Å². The molecule has 2 amide bonds. The van der Waals surface area contributed by atoms with Gasteiger partial charge in [-0.25, -0.2) is 0 Å². The Labute approximate surface area is 181 Å².